The van der Waals surface area contributed by atoms with Crippen molar-refractivity contribution in [3.8, 4) is 0 Å². The van der Waals surface area contributed by atoms with Gasteiger partial charge in [0, 0.05) is 17.3 Å². The van der Waals surface area contributed by atoms with Crippen molar-refractivity contribution >= 4 is 23.3 Å². The van der Waals surface area contributed by atoms with E-state index in [-0.39, 0.29) is 23.8 Å². The highest BCUT2D eigenvalue weighted by molar-refractivity contribution is 6.30. The number of fused-ring (bicyclic) bond motifs is 1. The molecular weight excluding hydrogens is 488 g/mol. The number of urea groups is 1. The van der Waals surface area contributed by atoms with Gasteiger partial charge in [-0.25, -0.2) is 4.79 Å². The zero-order chi connectivity index (χ0) is 25.3. The van der Waals surface area contributed by atoms with Crippen molar-refractivity contribution in [2.75, 3.05) is 18.4 Å². The molecule has 3 rings (SSSR count). The predicted octanol–water partition coefficient (Wildman–Crippen LogP) is 5.53. The molecule has 0 aromatic heterocycles. The summed E-state index contributed by atoms with van der Waals surface area (Å²) in [4.78, 5) is 11.8. The van der Waals surface area contributed by atoms with E-state index in [2.05, 4.69) is 16.0 Å². The maximum atomic E-state index is 13.8. The number of carbonyl (C=O) groups is 1. The molecule has 1 aliphatic rings. The lowest BCUT2D eigenvalue weighted by molar-refractivity contribution is -0.260. The Kier molecular flexibility index (Phi) is 7.28. The van der Waals surface area contributed by atoms with E-state index in [0.29, 0.717) is 31.5 Å². The van der Waals surface area contributed by atoms with Crippen LogP contribution in [0.15, 0.2) is 36.4 Å². The van der Waals surface area contributed by atoms with Crippen LogP contribution >= 0.6 is 11.6 Å². The van der Waals surface area contributed by atoms with E-state index >= 15 is 0 Å². The fraction of sp³-hybridized carbons (Fsp3) is 0.409. The highest BCUT2D eigenvalue weighted by atomic mass is 35.5. The smallest absolute Gasteiger partial charge is 0.381 e. The topological polar surface area (TPSA) is 73.4 Å². The molecule has 2 aromatic carbocycles. The summed E-state index contributed by atoms with van der Waals surface area (Å²) < 4.78 is 80.8. The first-order valence-corrected chi connectivity index (χ1v) is 10.7. The molecule has 2 amide bonds. The first-order chi connectivity index (χ1) is 15.7. The number of amides is 2. The number of rotatable bonds is 6. The molecule has 0 spiro atoms. The van der Waals surface area contributed by atoms with Gasteiger partial charge in [-0.05, 0) is 66.8 Å². The van der Waals surface area contributed by atoms with Gasteiger partial charge in [-0.3, -0.25) is 0 Å². The number of alkyl halides is 6. The van der Waals surface area contributed by atoms with Crippen LogP contribution in [0.2, 0.25) is 5.02 Å². The van der Waals surface area contributed by atoms with Gasteiger partial charge in [0.15, 0.2) is 0 Å². The zero-order valence-corrected chi connectivity index (χ0v) is 18.6. The fourth-order valence-corrected chi connectivity index (χ4v) is 4.07. The summed E-state index contributed by atoms with van der Waals surface area (Å²) in [5, 5.41) is 17.8. The Morgan fingerprint density at radius 2 is 1.76 bits per heavy atom. The van der Waals surface area contributed by atoms with Crippen molar-refractivity contribution in [1.29, 1.82) is 0 Å². The molecule has 0 bridgehead atoms. The van der Waals surface area contributed by atoms with Gasteiger partial charge in [0.25, 0.3) is 0 Å². The Bertz CT molecular complexity index is 1060. The molecule has 0 saturated carbocycles. The Hall–Kier alpha value is -2.66. The first-order valence-electron chi connectivity index (χ1n) is 10.3. The summed E-state index contributed by atoms with van der Waals surface area (Å²) in [6.45, 7) is 1.08. The molecule has 0 aliphatic heterocycles. The molecule has 4 N–H and O–H groups in total. The van der Waals surface area contributed by atoms with Crippen LogP contribution in [-0.2, 0) is 18.2 Å². The van der Waals surface area contributed by atoms with E-state index in [1.807, 2.05) is 0 Å². The number of aryl methyl sites for hydroxylation is 1. The highest BCUT2D eigenvalue weighted by Gasteiger charge is 2.55. The van der Waals surface area contributed by atoms with Crippen molar-refractivity contribution in [2.45, 2.75) is 43.8 Å². The molecule has 0 saturated heterocycles. The molecule has 34 heavy (non-hydrogen) atoms. The summed E-state index contributed by atoms with van der Waals surface area (Å²) in [5.74, 6) is 0. The monoisotopic (exact) mass is 509 g/mol. The van der Waals surface area contributed by atoms with E-state index < -0.39 is 40.6 Å². The molecule has 186 valence electrons. The van der Waals surface area contributed by atoms with Gasteiger partial charge < -0.3 is 21.1 Å². The Morgan fingerprint density at radius 3 is 2.38 bits per heavy atom. The average molecular weight is 510 g/mol. The maximum Gasteiger partial charge on any atom is 0.423 e. The number of aliphatic hydroxyl groups is 1. The Balaban J connectivity index is 1.84. The van der Waals surface area contributed by atoms with E-state index in [0.717, 1.165) is 11.1 Å². The van der Waals surface area contributed by atoms with E-state index in [4.69, 9.17) is 11.6 Å². The Labute approximate surface area is 196 Å². The molecule has 2 atom stereocenters. The molecule has 0 heterocycles. The summed E-state index contributed by atoms with van der Waals surface area (Å²) in [5.41, 5.74) is -4.23. The summed E-state index contributed by atoms with van der Waals surface area (Å²) >= 11 is 5.63. The lowest BCUT2D eigenvalue weighted by Crippen LogP contribution is -2.48. The van der Waals surface area contributed by atoms with Gasteiger partial charge in [0.2, 0.25) is 5.60 Å². The van der Waals surface area contributed by atoms with Gasteiger partial charge in [-0.2, -0.15) is 26.3 Å². The number of halogens is 7. The fourth-order valence-electron chi connectivity index (χ4n) is 3.84. The van der Waals surface area contributed by atoms with Gasteiger partial charge in [0.1, 0.15) is 0 Å². The van der Waals surface area contributed by atoms with Crippen LogP contribution in [0.3, 0.4) is 0 Å². The molecule has 12 heteroatoms. The quantitative estimate of drug-likeness (QED) is 0.387. The van der Waals surface area contributed by atoms with Crippen LogP contribution in [0.25, 0.3) is 0 Å². The maximum absolute atomic E-state index is 13.8. The molecule has 2 aromatic rings. The molecule has 1 aliphatic carbocycles. The molecule has 0 unspecified atom stereocenters. The lowest BCUT2D eigenvalue weighted by atomic mass is 9.91. The van der Waals surface area contributed by atoms with Crippen LogP contribution in [-0.4, -0.2) is 30.4 Å². The van der Waals surface area contributed by atoms with Gasteiger partial charge in [-0.1, -0.05) is 17.7 Å². The number of carbonyl (C=O) groups excluding carboxylic acids is 1. The average Bonchev–Trinajstić information content (AvgIpc) is 3.12. The third kappa shape index (κ3) is 5.52. The Morgan fingerprint density at radius 1 is 1.09 bits per heavy atom. The molecular formula is C22H22ClF6N3O2. The number of nitrogens with one attached hydrogen (secondary N) is 3. The van der Waals surface area contributed by atoms with Crippen LogP contribution in [0.1, 0.15) is 41.6 Å². The van der Waals surface area contributed by atoms with Gasteiger partial charge in [-0.15, -0.1) is 0 Å². The predicted molar refractivity (Wildman–Crippen MR) is 115 cm³/mol. The largest absolute Gasteiger partial charge is 0.423 e. The van der Waals surface area contributed by atoms with Crippen molar-refractivity contribution in [2.24, 2.45) is 0 Å². The van der Waals surface area contributed by atoms with Crippen LogP contribution in [0, 0.1) is 0 Å². The number of anilines is 1. The van der Waals surface area contributed by atoms with Crippen molar-refractivity contribution in [3.63, 3.8) is 0 Å². The molecule has 0 radical (unpaired) electrons. The van der Waals surface area contributed by atoms with Gasteiger partial charge in [0.05, 0.1) is 18.2 Å². The first kappa shape index (κ1) is 26.0. The second kappa shape index (κ2) is 9.53. The molecule has 5 nitrogen and oxygen atoms in total. The minimum absolute atomic E-state index is 0.234. The minimum Gasteiger partial charge on any atom is -0.381 e. The van der Waals surface area contributed by atoms with Gasteiger partial charge >= 0.3 is 18.4 Å². The van der Waals surface area contributed by atoms with Crippen molar-refractivity contribution in [1.82, 2.24) is 10.6 Å². The SMILES string of the molecule is CCNC(=O)N[C@@H]1CCc2cc(NC[C@@](O)(c3cc(Cl)cc(C(F)(F)F)c3)C(F)(F)F)ccc21. The highest BCUT2D eigenvalue weighted by Crippen LogP contribution is 2.42. The number of hydrogen-bond acceptors (Lipinski definition) is 3. The van der Waals surface area contributed by atoms with Crippen molar-refractivity contribution in [3.05, 3.63) is 63.7 Å². The lowest BCUT2D eigenvalue weighted by Gasteiger charge is -2.32. The third-order valence-corrected chi connectivity index (χ3v) is 5.80. The summed E-state index contributed by atoms with van der Waals surface area (Å²) in [7, 11) is 0. The third-order valence-electron chi connectivity index (χ3n) is 5.58. The van der Waals surface area contributed by atoms with E-state index in [1.165, 1.54) is 6.07 Å². The summed E-state index contributed by atoms with van der Waals surface area (Å²) in [6, 6.07) is 5.51. The number of benzene rings is 2. The minimum atomic E-state index is -5.30. The molecule has 0 fully saturated rings. The van der Waals surface area contributed by atoms with E-state index in [1.54, 1.807) is 19.1 Å². The second-order valence-electron chi connectivity index (χ2n) is 7.95. The van der Waals surface area contributed by atoms with Crippen LogP contribution in [0.4, 0.5) is 36.8 Å². The van der Waals surface area contributed by atoms with Crippen molar-refractivity contribution < 1.29 is 36.2 Å². The van der Waals surface area contributed by atoms with Crippen LogP contribution in [0.5, 0.6) is 0 Å². The van der Waals surface area contributed by atoms with E-state index in [9.17, 15) is 36.2 Å². The van der Waals surface area contributed by atoms with Crippen LogP contribution < -0.4 is 16.0 Å². The standard InChI is InChI=1S/C22H22ClF6N3O2/c1-2-30-19(33)32-18-6-3-12-7-16(4-5-17(12)18)31-11-20(34,22(27,28)29)13-8-14(21(24,25)26)10-15(23)9-13/h4-5,7-10,18,31,34H,2-3,6,11H2,1H3,(H2,30,32,33)/t18-,20-/m1/s1. The second-order valence-corrected chi connectivity index (χ2v) is 8.38. The normalized spacial score (nSPS) is 17.6. The number of hydrogen-bond donors (Lipinski definition) is 4. The summed E-state index contributed by atoms with van der Waals surface area (Å²) in [6.07, 6.45) is -9.08. The zero-order valence-electron chi connectivity index (χ0n) is 17.9.